The number of esters is 1. The number of carbonyl (C=O) groups is 1. The molecule has 0 radical (unpaired) electrons. The molecule has 2 rings (SSSR count). The van der Waals surface area contributed by atoms with Crippen LogP contribution in [0.2, 0.25) is 0 Å². The van der Waals surface area contributed by atoms with Crippen LogP contribution in [0.15, 0.2) is 18.2 Å². The third kappa shape index (κ3) is 5.37. The van der Waals surface area contributed by atoms with Crippen molar-refractivity contribution in [2.45, 2.75) is 12.5 Å². The molecule has 1 aromatic rings. The van der Waals surface area contributed by atoms with Crippen molar-refractivity contribution < 1.29 is 14.3 Å². The number of halogens is 1. The van der Waals surface area contributed by atoms with Crippen LogP contribution in [0.3, 0.4) is 0 Å². The van der Waals surface area contributed by atoms with Crippen LogP contribution >= 0.6 is 30.1 Å². The Hall–Kier alpha value is -0.670. The molecule has 0 spiro atoms. The number of hydrogen-bond donors (Lipinski definition) is 2. The SMILES string of the molecule is COC(=O)c1ccc(N)c(NCC2CCO2)c1.CSI. The molecule has 1 unspecified atom stereocenters. The molecule has 0 saturated carbocycles. The van der Waals surface area contributed by atoms with Gasteiger partial charge in [-0.2, -0.15) is 0 Å². The molecule has 0 aromatic heterocycles. The van der Waals surface area contributed by atoms with E-state index >= 15 is 0 Å². The van der Waals surface area contributed by atoms with Gasteiger partial charge in [-0.15, -0.1) is 0 Å². The summed E-state index contributed by atoms with van der Waals surface area (Å²) in [5, 5.41) is 3.18. The number of nitrogens with two attached hydrogens (primary N) is 1. The van der Waals surface area contributed by atoms with Crippen LogP contribution in [0.25, 0.3) is 0 Å². The van der Waals surface area contributed by atoms with Gasteiger partial charge < -0.3 is 20.5 Å². The van der Waals surface area contributed by atoms with Gasteiger partial charge in [-0.3, -0.25) is 0 Å². The van der Waals surface area contributed by atoms with Gasteiger partial charge in [-0.05, 0) is 52.1 Å². The Labute approximate surface area is 135 Å². The molecule has 7 heteroatoms. The zero-order valence-corrected chi connectivity index (χ0v) is 14.5. The summed E-state index contributed by atoms with van der Waals surface area (Å²) in [6, 6.07) is 5.03. The molecule has 1 saturated heterocycles. The van der Waals surface area contributed by atoms with E-state index in [1.807, 2.05) is 6.26 Å². The van der Waals surface area contributed by atoms with Crippen molar-refractivity contribution in [3.05, 3.63) is 23.8 Å². The highest BCUT2D eigenvalue weighted by Crippen LogP contribution is 2.21. The molecule has 20 heavy (non-hydrogen) atoms. The minimum Gasteiger partial charge on any atom is -0.465 e. The topological polar surface area (TPSA) is 73.6 Å². The third-order valence-corrected chi connectivity index (χ3v) is 2.79. The number of anilines is 2. The second kappa shape index (κ2) is 9.30. The molecule has 1 aromatic carbocycles. The van der Waals surface area contributed by atoms with E-state index in [9.17, 15) is 4.79 Å². The molecule has 112 valence electrons. The summed E-state index contributed by atoms with van der Waals surface area (Å²) in [4.78, 5) is 11.4. The average Bonchev–Trinajstić information content (AvgIpc) is 2.39. The van der Waals surface area contributed by atoms with Crippen LogP contribution in [0.5, 0.6) is 0 Å². The first kappa shape index (κ1) is 17.4. The number of benzene rings is 1. The summed E-state index contributed by atoms with van der Waals surface area (Å²) >= 11 is 2.20. The Kier molecular flexibility index (Phi) is 8.08. The van der Waals surface area contributed by atoms with Gasteiger partial charge in [-0.1, -0.05) is 8.93 Å². The fourth-order valence-electron chi connectivity index (χ4n) is 1.62. The molecule has 1 fully saturated rings. The zero-order valence-electron chi connectivity index (χ0n) is 11.5. The predicted octanol–water partition coefficient (Wildman–Crippen LogP) is 2.96. The van der Waals surface area contributed by atoms with Crippen molar-refractivity contribution in [2.24, 2.45) is 0 Å². The molecule has 1 heterocycles. The van der Waals surface area contributed by atoms with E-state index in [1.165, 1.54) is 7.11 Å². The molecule has 1 atom stereocenters. The molecular formula is C13H19IN2O3S. The van der Waals surface area contributed by atoms with E-state index in [1.54, 1.807) is 27.1 Å². The van der Waals surface area contributed by atoms with E-state index < -0.39 is 0 Å². The number of carbonyl (C=O) groups excluding carboxylic acids is 1. The van der Waals surface area contributed by atoms with Gasteiger partial charge in [0.1, 0.15) is 0 Å². The van der Waals surface area contributed by atoms with Gasteiger partial charge in [0.05, 0.1) is 30.2 Å². The molecule has 0 amide bonds. The molecular weight excluding hydrogens is 391 g/mol. The number of hydrogen-bond acceptors (Lipinski definition) is 6. The number of ether oxygens (including phenoxy) is 2. The highest BCUT2D eigenvalue weighted by atomic mass is 127. The molecule has 0 aliphatic carbocycles. The number of rotatable bonds is 4. The maximum atomic E-state index is 11.4. The maximum absolute atomic E-state index is 11.4. The van der Waals surface area contributed by atoms with Gasteiger partial charge in [0.15, 0.2) is 0 Å². The van der Waals surface area contributed by atoms with E-state index in [2.05, 4.69) is 31.3 Å². The Morgan fingerprint density at radius 1 is 1.65 bits per heavy atom. The first-order valence-corrected chi connectivity index (χ1v) is 9.87. The van der Waals surface area contributed by atoms with Crippen LogP contribution < -0.4 is 11.1 Å². The van der Waals surface area contributed by atoms with Gasteiger partial charge in [-0.25, -0.2) is 4.79 Å². The maximum Gasteiger partial charge on any atom is 0.337 e. The molecule has 5 nitrogen and oxygen atoms in total. The fourth-order valence-corrected chi connectivity index (χ4v) is 1.62. The van der Waals surface area contributed by atoms with E-state index in [-0.39, 0.29) is 12.1 Å². The first-order chi connectivity index (χ1) is 9.62. The standard InChI is InChI=1S/C12H16N2O3.CH3IS/c1-16-12(15)8-2-3-10(13)11(6-8)14-7-9-4-5-17-9;1-3-2/h2-3,6,9,14H,4-5,7,13H2,1H3;1H3. The van der Waals surface area contributed by atoms with Gasteiger partial charge in [0.2, 0.25) is 0 Å². The lowest BCUT2D eigenvalue weighted by atomic mass is 10.1. The molecule has 1 aliphatic heterocycles. The monoisotopic (exact) mass is 410 g/mol. The van der Waals surface area contributed by atoms with Crippen molar-refractivity contribution in [3.8, 4) is 0 Å². The molecule has 1 aliphatic rings. The fraction of sp³-hybridized carbons (Fsp3) is 0.462. The second-order valence-corrected chi connectivity index (χ2v) is 7.06. The smallest absolute Gasteiger partial charge is 0.337 e. The Morgan fingerprint density at radius 3 is 2.80 bits per heavy atom. The summed E-state index contributed by atoms with van der Waals surface area (Å²) < 4.78 is 9.95. The first-order valence-electron chi connectivity index (χ1n) is 6.10. The van der Waals surface area contributed by atoms with E-state index in [4.69, 9.17) is 10.5 Å². The lowest BCUT2D eigenvalue weighted by molar-refractivity contribution is -0.0410. The predicted molar refractivity (Wildman–Crippen MR) is 92.6 cm³/mol. The third-order valence-electron chi connectivity index (χ3n) is 2.79. The van der Waals surface area contributed by atoms with Crippen molar-refractivity contribution in [3.63, 3.8) is 0 Å². The summed E-state index contributed by atoms with van der Waals surface area (Å²) in [6.45, 7) is 1.53. The molecule has 0 bridgehead atoms. The van der Waals surface area contributed by atoms with E-state index in [0.717, 1.165) is 18.7 Å². The highest BCUT2D eigenvalue weighted by molar-refractivity contribution is 14.2. The van der Waals surface area contributed by atoms with E-state index in [0.29, 0.717) is 17.8 Å². The Bertz CT molecular complexity index is 442. The Balaban J connectivity index is 0.000000612. The van der Waals surface area contributed by atoms with Crippen molar-refractivity contribution in [1.82, 2.24) is 0 Å². The number of nitrogens with one attached hydrogen (secondary N) is 1. The highest BCUT2D eigenvalue weighted by Gasteiger charge is 2.18. The van der Waals surface area contributed by atoms with Crippen molar-refractivity contribution in [1.29, 1.82) is 0 Å². The summed E-state index contributed by atoms with van der Waals surface area (Å²) in [5.74, 6) is -0.368. The number of nitrogen functional groups attached to an aromatic ring is 1. The zero-order chi connectivity index (χ0) is 15.0. The van der Waals surface area contributed by atoms with Crippen LogP contribution in [-0.4, -0.2) is 38.6 Å². The van der Waals surface area contributed by atoms with Gasteiger partial charge >= 0.3 is 5.97 Å². The van der Waals surface area contributed by atoms with Crippen molar-refractivity contribution in [2.75, 3.05) is 37.6 Å². The second-order valence-electron chi connectivity index (χ2n) is 4.11. The minimum absolute atomic E-state index is 0.246. The number of methoxy groups -OCH3 is 1. The van der Waals surface area contributed by atoms with Crippen LogP contribution in [0, 0.1) is 0 Å². The van der Waals surface area contributed by atoms with Crippen LogP contribution in [0.4, 0.5) is 11.4 Å². The largest absolute Gasteiger partial charge is 0.465 e. The lowest BCUT2D eigenvalue weighted by Gasteiger charge is -2.27. The quantitative estimate of drug-likeness (QED) is 0.452. The lowest BCUT2D eigenvalue weighted by Crippen LogP contribution is -2.33. The summed E-state index contributed by atoms with van der Waals surface area (Å²) in [6.07, 6.45) is 3.33. The normalized spacial score (nSPS) is 16.4. The summed E-state index contributed by atoms with van der Waals surface area (Å²) in [7, 11) is 3.08. The minimum atomic E-state index is -0.368. The summed E-state index contributed by atoms with van der Waals surface area (Å²) in [5.41, 5.74) is 7.65. The van der Waals surface area contributed by atoms with Crippen LogP contribution in [-0.2, 0) is 9.47 Å². The van der Waals surface area contributed by atoms with Crippen LogP contribution in [0.1, 0.15) is 16.8 Å². The van der Waals surface area contributed by atoms with Crippen molar-refractivity contribution >= 4 is 47.5 Å². The molecule has 3 N–H and O–H groups in total. The Morgan fingerprint density at radius 2 is 2.30 bits per heavy atom. The van der Waals surface area contributed by atoms with Gasteiger partial charge in [0.25, 0.3) is 0 Å². The average molecular weight is 410 g/mol. The van der Waals surface area contributed by atoms with Gasteiger partial charge in [0, 0.05) is 13.2 Å².